The summed E-state index contributed by atoms with van der Waals surface area (Å²) in [6.45, 7) is 4.35. The molecule has 8 heteroatoms. The summed E-state index contributed by atoms with van der Waals surface area (Å²) in [5.74, 6) is 1.64. The molecule has 2 rings (SSSR count). The fourth-order valence-electron chi connectivity index (χ4n) is 1.67. The average molecular weight is 291 g/mol. The molecule has 0 spiro atoms. The standard InChI is InChI=1S/C13H21N7O/c1-3-5-15-11-17-12(16-6-4-9-21-2)19-13(18-11)20-8-7-14-10-20/h7-8,10H,3-6,9H2,1-2H3,(H2,15,16,17,18,19). The van der Waals surface area contributed by atoms with Crippen LogP contribution in [0.5, 0.6) is 0 Å². The molecule has 2 aromatic heterocycles. The molecule has 0 aliphatic carbocycles. The summed E-state index contributed by atoms with van der Waals surface area (Å²) in [6.07, 6.45) is 7.04. The van der Waals surface area contributed by atoms with Gasteiger partial charge in [-0.3, -0.25) is 4.57 Å². The molecule has 0 atom stereocenters. The third kappa shape index (κ3) is 4.67. The van der Waals surface area contributed by atoms with E-state index in [0.29, 0.717) is 24.5 Å². The molecular weight excluding hydrogens is 270 g/mol. The van der Waals surface area contributed by atoms with Crippen molar-refractivity contribution >= 4 is 11.9 Å². The molecule has 114 valence electrons. The quantitative estimate of drug-likeness (QED) is 0.673. The van der Waals surface area contributed by atoms with Crippen LogP contribution < -0.4 is 10.6 Å². The zero-order valence-electron chi connectivity index (χ0n) is 12.4. The number of nitrogens with zero attached hydrogens (tertiary/aromatic N) is 5. The second kappa shape index (κ2) is 8.15. The highest BCUT2D eigenvalue weighted by atomic mass is 16.5. The summed E-state index contributed by atoms with van der Waals surface area (Å²) in [7, 11) is 1.69. The van der Waals surface area contributed by atoms with Crippen LogP contribution in [-0.2, 0) is 4.74 Å². The highest BCUT2D eigenvalue weighted by Crippen LogP contribution is 2.09. The van der Waals surface area contributed by atoms with Crippen molar-refractivity contribution in [2.75, 3.05) is 37.4 Å². The van der Waals surface area contributed by atoms with Crippen LogP contribution in [0.1, 0.15) is 19.8 Å². The van der Waals surface area contributed by atoms with Gasteiger partial charge in [0.15, 0.2) is 0 Å². The highest BCUT2D eigenvalue weighted by molar-refractivity contribution is 5.37. The smallest absolute Gasteiger partial charge is 0.241 e. The largest absolute Gasteiger partial charge is 0.385 e. The molecule has 8 nitrogen and oxygen atoms in total. The highest BCUT2D eigenvalue weighted by Gasteiger charge is 2.07. The SMILES string of the molecule is CCCNc1nc(NCCCOC)nc(-n2ccnc2)n1. The maximum absolute atomic E-state index is 5.02. The Morgan fingerprint density at radius 3 is 2.52 bits per heavy atom. The molecule has 0 bridgehead atoms. The number of imidazole rings is 1. The van der Waals surface area contributed by atoms with E-state index in [1.54, 1.807) is 30.4 Å². The van der Waals surface area contributed by atoms with Gasteiger partial charge >= 0.3 is 0 Å². The van der Waals surface area contributed by atoms with Gasteiger partial charge in [-0.1, -0.05) is 6.92 Å². The topological polar surface area (TPSA) is 89.8 Å². The molecule has 0 aliphatic rings. The first-order valence-corrected chi connectivity index (χ1v) is 7.04. The van der Waals surface area contributed by atoms with Crippen LogP contribution in [0.15, 0.2) is 18.7 Å². The Bertz CT molecular complexity index is 529. The van der Waals surface area contributed by atoms with Crippen LogP contribution in [0.4, 0.5) is 11.9 Å². The fourth-order valence-corrected chi connectivity index (χ4v) is 1.67. The van der Waals surface area contributed by atoms with Crippen molar-refractivity contribution < 1.29 is 4.74 Å². The minimum absolute atomic E-state index is 0.537. The molecule has 0 saturated heterocycles. The molecule has 0 radical (unpaired) electrons. The van der Waals surface area contributed by atoms with E-state index in [9.17, 15) is 0 Å². The lowest BCUT2D eigenvalue weighted by molar-refractivity contribution is 0.197. The Morgan fingerprint density at radius 2 is 1.90 bits per heavy atom. The van der Waals surface area contributed by atoms with Crippen molar-refractivity contribution in [1.82, 2.24) is 24.5 Å². The number of ether oxygens (including phenoxy) is 1. The van der Waals surface area contributed by atoms with Crippen molar-refractivity contribution in [3.8, 4) is 5.95 Å². The number of rotatable bonds is 9. The minimum atomic E-state index is 0.537. The van der Waals surface area contributed by atoms with E-state index in [-0.39, 0.29) is 0 Å². The van der Waals surface area contributed by atoms with Crippen LogP contribution in [0.25, 0.3) is 5.95 Å². The fraction of sp³-hybridized carbons (Fsp3) is 0.538. The maximum Gasteiger partial charge on any atom is 0.241 e. The predicted octanol–water partition coefficient (Wildman–Crippen LogP) is 1.33. The lowest BCUT2D eigenvalue weighted by Gasteiger charge is -2.09. The van der Waals surface area contributed by atoms with Gasteiger partial charge in [0.2, 0.25) is 17.8 Å². The molecule has 0 amide bonds. The first kappa shape index (κ1) is 15.2. The van der Waals surface area contributed by atoms with Crippen LogP contribution in [0, 0.1) is 0 Å². The molecule has 2 heterocycles. The van der Waals surface area contributed by atoms with Crippen LogP contribution in [-0.4, -0.2) is 51.3 Å². The van der Waals surface area contributed by atoms with E-state index >= 15 is 0 Å². The lowest BCUT2D eigenvalue weighted by atomic mass is 10.4. The zero-order chi connectivity index (χ0) is 14.9. The first-order chi connectivity index (χ1) is 10.3. The Morgan fingerprint density at radius 1 is 1.14 bits per heavy atom. The molecule has 0 unspecified atom stereocenters. The Balaban J connectivity index is 2.12. The van der Waals surface area contributed by atoms with Crippen LogP contribution in [0.3, 0.4) is 0 Å². The van der Waals surface area contributed by atoms with E-state index in [1.165, 1.54) is 0 Å². The van der Waals surface area contributed by atoms with Crippen molar-refractivity contribution in [2.45, 2.75) is 19.8 Å². The van der Waals surface area contributed by atoms with E-state index < -0.39 is 0 Å². The lowest BCUT2D eigenvalue weighted by Crippen LogP contribution is -2.14. The molecule has 2 N–H and O–H groups in total. The van der Waals surface area contributed by atoms with Gasteiger partial charge in [0, 0.05) is 39.2 Å². The van der Waals surface area contributed by atoms with Crippen molar-refractivity contribution in [1.29, 1.82) is 0 Å². The van der Waals surface area contributed by atoms with Gasteiger partial charge in [-0.15, -0.1) is 0 Å². The first-order valence-electron chi connectivity index (χ1n) is 7.04. The third-order valence-corrected chi connectivity index (χ3v) is 2.70. The van der Waals surface area contributed by atoms with E-state index in [0.717, 1.165) is 25.9 Å². The van der Waals surface area contributed by atoms with Gasteiger partial charge in [0.25, 0.3) is 0 Å². The number of aromatic nitrogens is 5. The van der Waals surface area contributed by atoms with Gasteiger partial charge in [0.05, 0.1) is 0 Å². The van der Waals surface area contributed by atoms with E-state index in [4.69, 9.17) is 4.74 Å². The summed E-state index contributed by atoms with van der Waals surface area (Å²) >= 11 is 0. The van der Waals surface area contributed by atoms with Crippen LogP contribution in [0.2, 0.25) is 0 Å². The molecule has 0 fully saturated rings. The van der Waals surface area contributed by atoms with Gasteiger partial charge in [-0.25, -0.2) is 4.98 Å². The monoisotopic (exact) mass is 291 g/mol. The average Bonchev–Trinajstić information content (AvgIpc) is 3.04. The summed E-state index contributed by atoms with van der Waals surface area (Å²) in [4.78, 5) is 17.1. The number of nitrogens with one attached hydrogen (secondary N) is 2. The molecule has 2 aromatic rings. The second-order valence-corrected chi connectivity index (χ2v) is 4.45. The summed E-state index contributed by atoms with van der Waals surface area (Å²) in [5, 5.41) is 6.36. The van der Waals surface area contributed by atoms with Gasteiger partial charge in [-0.2, -0.15) is 15.0 Å². The summed E-state index contributed by atoms with van der Waals surface area (Å²) < 4.78 is 6.77. The van der Waals surface area contributed by atoms with E-state index in [2.05, 4.69) is 37.5 Å². The maximum atomic E-state index is 5.02. The minimum Gasteiger partial charge on any atom is -0.385 e. The van der Waals surface area contributed by atoms with Crippen molar-refractivity contribution in [3.05, 3.63) is 18.7 Å². The molecule has 0 saturated carbocycles. The zero-order valence-corrected chi connectivity index (χ0v) is 12.4. The Labute approximate surface area is 124 Å². The molecule has 0 aromatic carbocycles. The third-order valence-electron chi connectivity index (χ3n) is 2.70. The second-order valence-electron chi connectivity index (χ2n) is 4.45. The molecule has 0 aliphatic heterocycles. The predicted molar refractivity (Wildman–Crippen MR) is 80.7 cm³/mol. The van der Waals surface area contributed by atoms with Gasteiger partial charge < -0.3 is 15.4 Å². The van der Waals surface area contributed by atoms with Crippen LogP contribution >= 0.6 is 0 Å². The Kier molecular flexibility index (Phi) is 5.89. The Hall–Kier alpha value is -2.22. The summed E-state index contributed by atoms with van der Waals surface area (Å²) in [6, 6.07) is 0. The molecule has 21 heavy (non-hydrogen) atoms. The normalized spacial score (nSPS) is 10.6. The number of methoxy groups -OCH3 is 1. The van der Waals surface area contributed by atoms with Gasteiger partial charge in [0.1, 0.15) is 6.33 Å². The number of hydrogen-bond acceptors (Lipinski definition) is 7. The number of anilines is 2. The van der Waals surface area contributed by atoms with Crippen molar-refractivity contribution in [2.24, 2.45) is 0 Å². The number of hydrogen-bond donors (Lipinski definition) is 2. The van der Waals surface area contributed by atoms with Crippen molar-refractivity contribution in [3.63, 3.8) is 0 Å². The van der Waals surface area contributed by atoms with E-state index in [1.807, 2.05) is 0 Å². The summed E-state index contributed by atoms with van der Waals surface area (Å²) in [5.41, 5.74) is 0. The molecular formula is C13H21N7O. The van der Waals surface area contributed by atoms with Gasteiger partial charge in [-0.05, 0) is 12.8 Å².